The summed E-state index contributed by atoms with van der Waals surface area (Å²) in [4.78, 5) is 17.2. The van der Waals surface area contributed by atoms with E-state index in [2.05, 4.69) is 27.4 Å². The highest BCUT2D eigenvalue weighted by molar-refractivity contribution is 6.04. The van der Waals surface area contributed by atoms with Gasteiger partial charge in [-0.05, 0) is 49.4 Å². The number of anilines is 2. The van der Waals surface area contributed by atoms with Gasteiger partial charge < -0.3 is 25.8 Å². The number of amidine groups is 1. The minimum atomic E-state index is -4.59. The summed E-state index contributed by atoms with van der Waals surface area (Å²) in [6, 6.07) is 8.87. The molecule has 1 aliphatic heterocycles. The molecule has 8 nitrogen and oxygen atoms in total. The Hall–Kier alpha value is -4.27. The molecule has 0 bridgehead atoms. The van der Waals surface area contributed by atoms with E-state index in [4.69, 9.17) is 11.1 Å². The van der Waals surface area contributed by atoms with E-state index < -0.39 is 17.6 Å². The van der Waals surface area contributed by atoms with Gasteiger partial charge in [-0.2, -0.15) is 13.2 Å². The van der Waals surface area contributed by atoms with Crippen molar-refractivity contribution in [3.63, 3.8) is 0 Å². The second-order valence-electron chi connectivity index (χ2n) is 10.2. The highest BCUT2D eigenvalue weighted by Gasteiger charge is 2.34. The molecular formula is C30H34F3N7O. The second-order valence-corrected chi connectivity index (χ2v) is 10.2. The quantitative estimate of drug-likeness (QED) is 0.205. The zero-order valence-corrected chi connectivity index (χ0v) is 23.5. The number of nitrogens with one attached hydrogen (secondary N) is 3. The Labute approximate surface area is 237 Å². The van der Waals surface area contributed by atoms with Crippen molar-refractivity contribution < 1.29 is 18.0 Å². The predicted octanol–water partition coefficient (Wildman–Crippen LogP) is 4.08. The largest absolute Gasteiger partial charge is 0.416 e. The van der Waals surface area contributed by atoms with Crippen LogP contribution in [0.25, 0.3) is 0 Å². The van der Waals surface area contributed by atoms with Gasteiger partial charge in [-0.15, -0.1) is 0 Å². The number of nitrogens with zero attached hydrogens (tertiary/aromatic N) is 3. The molecule has 0 radical (unpaired) electrons. The van der Waals surface area contributed by atoms with Crippen molar-refractivity contribution in [3.05, 3.63) is 81.5 Å². The molecule has 2 heterocycles. The minimum absolute atomic E-state index is 0.0809. The first-order valence-electron chi connectivity index (χ1n) is 13.1. The van der Waals surface area contributed by atoms with E-state index in [1.807, 2.05) is 25.9 Å². The fraction of sp³-hybridized carbons (Fsp3) is 0.333. The van der Waals surface area contributed by atoms with Gasteiger partial charge in [0.1, 0.15) is 11.7 Å². The fourth-order valence-corrected chi connectivity index (χ4v) is 4.83. The normalized spacial score (nSPS) is 14.3. The number of nitrogens with two attached hydrogens (primary N) is 1. The standard InChI is InChI=1S/C30H34F3N7O/c1-19-5-10-24(15-20(19)6-9-23-17-39(4)28(36-2)26(23)27(34)35)37-29(41)21-7-8-22(25(16-21)30(31,32)33)18-40-13-11-38(3)12-14-40/h5,7-8,10,15-17,36H,11-14,18H2,1-4H3,(H3,34,35)(H,37,41). The lowest BCUT2D eigenvalue weighted by molar-refractivity contribution is -0.138. The van der Waals surface area contributed by atoms with Gasteiger partial charge in [-0.3, -0.25) is 15.1 Å². The topological polar surface area (TPSA) is 102 Å². The molecule has 11 heteroatoms. The molecule has 2 aromatic carbocycles. The van der Waals surface area contributed by atoms with Crippen molar-refractivity contribution in [2.75, 3.05) is 50.9 Å². The lowest BCUT2D eigenvalue weighted by Gasteiger charge is -2.33. The fourth-order valence-electron chi connectivity index (χ4n) is 4.83. The van der Waals surface area contributed by atoms with E-state index in [1.165, 1.54) is 12.1 Å². The molecule has 5 N–H and O–H groups in total. The first-order valence-corrected chi connectivity index (χ1v) is 13.1. The number of carbonyl (C=O) groups is 1. The number of rotatable bonds is 6. The third-order valence-corrected chi connectivity index (χ3v) is 7.18. The maximum Gasteiger partial charge on any atom is 0.416 e. The van der Waals surface area contributed by atoms with Crippen LogP contribution in [0, 0.1) is 24.2 Å². The molecule has 1 saturated heterocycles. The number of piperazine rings is 1. The second kappa shape index (κ2) is 12.1. The lowest BCUT2D eigenvalue weighted by Crippen LogP contribution is -2.44. The maximum atomic E-state index is 14.0. The van der Waals surface area contributed by atoms with Crippen molar-refractivity contribution in [3.8, 4) is 11.8 Å². The molecule has 0 spiro atoms. The van der Waals surface area contributed by atoms with Gasteiger partial charge in [0.15, 0.2) is 0 Å². The van der Waals surface area contributed by atoms with Crippen LogP contribution in [0.1, 0.15) is 43.7 Å². The van der Waals surface area contributed by atoms with Crippen molar-refractivity contribution in [2.45, 2.75) is 19.6 Å². The van der Waals surface area contributed by atoms with Gasteiger partial charge in [-0.25, -0.2) is 0 Å². The summed E-state index contributed by atoms with van der Waals surface area (Å²) in [6.07, 6.45) is -2.82. The molecule has 0 saturated carbocycles. The third kappa shape index (κ3) is 6.90. The molecule has 3 aromatic rings. The molecule has 1 amide bonds. The van der Waals surface area contributed by atoms with Crippen molar-refractivity contribution in [2.24, 2.45) is 12.8 Å². The van der Waals surface area contributed by atoms with Crippen LogP contribution >= 0.6 is 0 Å². The van der Waals surface area contributed by atoms with E-state index in [0.717, 1.165) is 24.7 Å². The molecule has 1 aliphatic rings. The van der Waals surface area contributed by atoms with Crippen LogP contribution in [-0.2, 0) is 19.8 Å². The summed E-state index contributed by atoms with van der Waals surface area (Å²) in [5.41, 5.74) is 7.96. The summed E-state index contributed by atoms with van der Waals surface area (Å²) in [6.45, 7) is 5.00. The van der Waals surface area contributed by atoms with E-state index in [1.54, 1.807) is 36.0 Å². The molecule has 0 aliphatic carbocycles. The Balaban J connectivity index is 1.56. The molecular weight excluding hydrogens is 531 g/mol. The van der Waals surface area contributed by atoms with E-state index in [9.17, 15) is 18.0 Å². The van der Waals surface area contributed by atoms with Gasteiger partial charge in [0.2, 0.25) is 0 Å². The Morgan fingerprint density at radius 1 is 1.05 bits per heavy atom. The van der Waals surface area contributed by atoms with Crippen molar-refractivity contribution in [1.82, 2.24) is 14.4 Å². The van der Waals surface area contributed by atoms with Crippen molar-refractivity contribution in [1.29, 1.82) is 5.41 Å². The number of hydrogen-bond donors (Lipinski definition) is 4. The SMILES string of the molecule is CNc1c(C(=N)N)c(C#Cc2cc(NC(=O)c3ccc(CN4CCN(C)CC4)c(C(F)(F)F)c3)ccc2C)cn1C. The number of amides is 1. The van der Waals surface area contributed by atoms with Crippen molar-refractivity contribution >= 4 is 23.2 Å². The number of benzene rings is 2. The summed E-state index contributed by atoms with van der Waals surface area (Å²) in [5, 5.41) is 13.6. The molecule has 4 rings (SSSR count). The number of halogens is 3. The van der Waals surface area contributed by atoms with Gasteiger partial charge in [0.25, 0.3) is 5.91 Å². The Morgan fingerprint density at radius 3 is 2.37 bits per heavy atom. The molecule has 1 fully saturated rings. The van der Waals surface area contributed by atoms with Crippen LogP contribution in [0.2, 0.25) is 0 Å². The minimum Gasteiger partial charge on any atom is -0.384 e. The molecule has 0 unspecified atom stereocenters. The number of hydrogen-bond acceptors (Lipinski definition) is 5. The number of aromatic nitrogens is 1. The number of aryl methyl sites for hydroxylation is 2. The summed E-state index contributed by atoms with van der Waals surface area (Å²) in [5.74, 6) is 6.01. The number of likely N-dealkylation sites (N-methyl/N-ethyl adjacent to an activating group) is 1. The van der Waals surface area contributed by atoms with Gasteiger partial charge >= 0.3 is 6.18 Å². The molecule has 216 valence electrons. The smallest absolute Gasteiger partial charge is 0.384 e. The maximum absolute atomic E-state index is 14.0. The van der Waals surface area contributed by atoms with Crippen LogP contribution in [0.4, 0.5) is 24.7 Å². The number of nitrogen functional groups attached to an aromatic ring is 1. The van der Waals surface area contributed by atoms with E-state index >= 15 is 0 Å². The summed E-state index contributed by atoms with van der Waals surface area (Å²) >= 11 is 0. The molecule has 1 aromatic heterocycles. The summed E-state index contributed by atoms with van der Waals surface area (Å²) in [7, 11) is 5.53. The zero-order chi connectivity index (χ0) is 29.9. The average molecular weight is 566 g/mol. The average Bonchev–Trinajstić information content (AvgIpc) is 3.25. The van der Waals surface area contributed by atoms with Gasteiger partial charge in [-0.1, -0.05) is 24.0 Å². The number of carbonyl (C=O) groups excluding carboxylic acids is 1. The predicted molar refractivity (Wildman–Crippen MR) is 155 cm³/mol. The first kappa shape index (κ1) is 29.7. The Morgan fingerprint density at radius 2 is 1.73 bits per heavy atom. The first-order chi connectivity index (χ1) is 19.4. The van der Waals surface area contributed by atoms with Crippen LogP contribution in [0.5, 0.6) is 0 Å². The van der Waals surface area contributed by atoms with Gasteiger partial charge in [0, 0.05) is 69.8 Å². The Kier molecular flexibility index (Phi) is 8.75. The third-order valence-electron chi connectivity index (χ3n) is 7.18. The van der Waals surface area contributed by atoms with Crippen LogP contribution < -0.4 is 16.4 Å². The molecule has 0 atom stereocenters. The molecule has 41 heavy (non-hydrogen) atoms. The zero-order valence-electron chi connectivity index (χ0n) is 23.5. The lowest BCUT2D eigenvalue weighted by atomic mass is 10.0. The van der Waals surface area contributed by atoms with E-state index in [-0.39, 0.29) is 23.5 Å². The van der Waals surface area contributed by atoms with E-state index in [0.29, 0.717) is 41.3 Å². The summed E-state index contributed by atoms with van der Waals surface area (Å²) < 4.78 is 43.7. The Bertz CT molecular complexity index is 1520. The number of alkyl halides is 3. The van der Waals surface area contributed by atoms with Crippen LogP contribution in [0.3, 0.4) is 0 Å². The highest BCUT2D eigenvalue weighted by atomic mass is 19.4. The van der Waals surface area contributed by atoms with Crippen LogP contribution in [0.15, 0.2) is 42.6 Å². The van der Waals surface area contributed by atoms with Gasteiger partial charge in [0.05, 0.1) is 16.7 Å². The highest BCUT2D eigenvalue weighted by Crippen LogP contribution is 2.34. The van der Waals surface area contributed by atoms with Crippen LogP contribution in [-0.4, -0.2) is 66.4 Å². The monoisotopic (exact) mass is 565 g/mol.